The summed E-state index contributed by atoms with van der Waals surface area (Å²) in [5.41, 5.74) is 0. The van der Waals surface area contributed by atoms with Crippen molar-refractivity contribution in [1.82, 2.24) is 0 Å². The van der Waals surface area contributed by atoms with Gasteiger partial charge in [0.1, 0.15) is 13.2 Å². The van der Waals surface area contributed by atoms with Gasteiger partial charge in [0.15, 0.2) is 12.4 Å². The average molecular weight is 1250 g/mol. The molecule has 518 valence electrons. The van der Waals surface area contributed by atoms with Crippen LogP contribution in [-0.2, 0) is 33.3 Å². The van der Waals surface area contributed by atoms with Crippen LogP contribution in [0.1, 0.15) is 361 Å². The number of allylic oxidation sites excluding steroid dienone is 12. The molecular weight excluding hydrogens is 1100 g/mol. The van der Waals surface area contributed by atoms with Gasteiger partial charge >= 0.3 is 11.9 Å². The summed E-state index contributed by atoms with van der Waals surface area (Å²) in [5, 5.41) is 11.8. The van der Waals surface area contributed by atoms with Gasteiger partial charge in [-0.1, -0.05) is 337 Å². The Hall–Kier alpha value is -3.27. The van der Waals surface area contributed by atoms with Gasteiger partial charge in [-0.3, -0.25) is 9.59 Å². The molecule has 0 fully saturated rings. The van der Waals surface area contributed by atoms with Crippen LogP contribution in [0.15, 0.2) is 72.9 Å². The lowest BCUT2D eigenvalue weighted by Gasteiger charge is -2.26. The number of aliphatic carboxylic acids is 1. The number of hydrogen-bond acceptors (Lipinski definition) is 8. The summed E-state index contributed by atoms with van der Waals surface area (Å²) >= 11 is 0. The van der Waals surface area contributed by atoms with Gasteiger partial charge in [-0.05, 0) is 83.5 Å². The zero-order chi connectivity index (χ0) is 64.7. The number of quaternary nitrogens is 1. The Balaban J connectivity index is 4.02. The number of esters is 2. The van der Waals surface area contributed by atoms with E-state index in [-0.39, 0.29) is 32.2 Å². The zero-order valence-corrected chi connectivity index (χ0v) is 59.3. The number of nitrogens with zero attached hydrogens (tertiary/aromatic N) is 1. The Morgan fingerprint density at radius 3 is 0.966 bits per heavy atom. The van der Waals surface area contributed by atoms with E-state index in [0.717, 1.165) is 64.2 Å². The molecule has 0 N–H and O–H groups in total. The molecule has 0 saturated heterocycles. The van der Waals surface area contributed by atoms with Crippen LogP contribution in [0.5, 0.6) is 0 Å². The predicted molar refractivity (Wildman–Crippen MR) is 380 cm³/mol. The lowest BCUT2D eigenvalue weighted by atomic mass is 10.0. The molecule has 0 bridgehead atoms. The van der Waals surface area contributed by atoms with Crippen molar-refractivity contribution in [2.45, 2.75) is 373 Å². The Morgan fingerprint density at radius 1 is 0.348 bits per heavy atom. The first-order valence-corrected chi connectivity index (χ1v) is 38.1. The molecule has 0 heterocycles. The van der Waals surface area contributed by atoms with Crippen molar-refractivity contribution in [3.63, 3.8) is 0 Å². The molecule has 9 nitrogen and oxygen atoms in total. The monoisotopic (exact) mass is 1250 g/mol. The van der Waals surface area contributed by atoms with Gasteiger partial charge in [-0.15, -0.1) is 0 Å². The minimum Gasteiger partial charge on any atom is -0.545 e. The van der Waals surface area contributed by atoms with E-state index in [0.29, 0.717) is 23.9 Å². The third kappa shape index (κ3) is 72.0. The van der Waals surface area contributed by atoms with Crippen LogP contribution in [0.2, 0.25) is 0 Å². The zero-order valence-electron chi connectivity index (χ0n) is 59.3. The Kier molecular flexibility index (Phi) is 68.0. The summed E-state index contributed by atoms with van der Waals surface area (Å²) in [4.78, 5) is 37.6. The van der Waals surface area contributed by atoms with Crippen molar-refractivity contribution in [2.24, 2.45) is 0 Å². The number of ether oxygens (including phenoxy) is 4. The van der Waals surface area contributed by atoms with Gasteiger partial charge in [0.2, 0.25) is 0 Å². The highest BCUT2D eigenvalue weighted by Crippen LogP contribution is 2.19. The van der Waals surface area contributed by atoms with Gasteiger partial charge in [0.05, 0.1) is 40.3 Å². The smallest absolute Gasteiger partial charge is 0.306 e. The Morgan fingerprint density at radius 2 is 0.640 bits per heavy atom. The molecule has 0 rings (SSSR count). The predicted octanol–water partition coefficient (Wildman–Crippen LogP) is 22.7. The topological polar surface area (TPSA) is 111 Å². The van der Waals surface area contributed by atoms with Crippen molar-refractivity contribution < 1.29 is 42.9 Å². The number of carbonyl (C=O) groups is 3. The van der Waals surface area contributed by atoms with Gasteiger partial charge in [0.25, 0.3) is 0 Å². The molecule has 0 aromatic heterocycles. The minimum atomic E-state index is -1.62. The number of likely N-dealkylation sites (N-methyl/N-ethyl adjacent to an activating group) is 1. The summed E-state index contributed by atoms with van der Waals surface area (Å²) in [7, 11) is 5.94. The number of carbonyl (C=O) groups excluding carboxylic acids is 3. The first kappa shape index (κ1) is 85.7. The first-order chi connectivity index (χ1) is 43.6. The molecule has 0 saturated carbocycles. The number of carboxylic acids is 1. The standard InChI is InChI=1S/C80H145NO8/c1-6-8-10-12-14-16-18-20-22-24-26-28-30-32-34-36-37-38-39-40-41-43-45-47-49-51-53-55-57-59-61-63-65-67-69-71-78(83)89-76(75-88-80(79(84)85)86-73-72-81(3,4)5)74-87-77(82)70-68-66-64-62-60-58-56-54-52-50-48-46-44-42-35-33-31-29-27-25-23-21-19-17-15-13-11-9-7-2/h8,10,14,16,20,22,25-28,32,34,76,80H,6-7,9,11-13,15,17-19,21,23-24,29-31,33,35-75H2,1-5H3/b10-8-,16-14-,22-20-,27-25-,28-26-,34-32-. The van der Waals surface area contributed by atoms with E-state index in [2.05, 4.69) is 86.8 Å². The normalized spacial score (nSPS) is 13.0. The first-order valence-electron chi connectivity index (χ1n) is 38.1. The molecule has 0 radical (unpaired) electrons. The van der Waals surface area contributed by atoms with Crippen LogP contribution in [0, 0.1) is 0 Å². The SMILES string of the molecule is CC/C=C\C/C=C\C/C=C\C/C=C\C/C=C\CCCCCCCCCCCCCCCCCCCCCC(=O)OC(COC(=O)CCCCCCCCCCCCCCCCCCC/C=C\CCCCCCCCCC)COC(OCC[N+](C)(C)C)C(=O)[O-]. The lowest BCUT2D eigenvalue weighted by Crippen LogP contribution is -2.44. The quantitative estimate of drug-likeness (QED) is 0.0195. The molecule has 2 atom stereocenters. The van der Waals surface area contributed by atoms with E-state index in [1.54, 1.807) is 0 Å². The van der Waals surface area contributed by atoms with Crippen molar-refractivity contribution in [3.8, 4) is 0 Å². The second-order valence-electron chi connectivity index (χ2n) is 26.9. The van der Waals surface area contributed by atoms with Crippen LogP contribution in [0.3, 0.4) is 0 Å². The maximum absolute atomic E-state index is 13.0. The third-order valence-corrected chi connectivity index (χ3v) is 16.9. The summed E-state index contributed by atoms with van der Waals surface area (Å²) < 4.78 is 22.9. The van der Waals surface area contributed by atoms with E-state index in [4.69, 9.17) is 18.9 Å². The maximum atomic E-state index is 13.0. The number of unbranched alkanes of at least 4 members (excludes halogenated alkanes) is 44. The highest BCUT2D eigenvalue weighted by molar-refractivity contribution is 5.70. The number of hydrogen-bond donors (Lipinski definition) is 0. The molecule has 0 amide bonds. The van der Waals surface area contributed by atoms with E-state index < -0.39 is 24.3 Å². The van der Waals surface area contributed by atoms with E-state index in [1.165, 1.54) is 263 Å². The summed E-state index contributed by atoms with van der Waals surface area (Å²) in [6.45, 7) is 4.69. The molecule has 89 heavy (non-hydrogen) atoms. The van der Waals surface area contributed by atoms with Crippen LogP contribution in [-0.4, -0.2) is 82.3 Å². The molecule has 0 aliphatic carbocycles. The number of rotatable bonds is 71. The van der Waals surface area contributed by atoms with Crippen LogP contribution >= 0.6 is 0 Å². The van der Waals surface area contributed by atoms with E-state index >= 15 is 0 Å². The molecule has 0 spiro atoms. The second kappa shape index (κ2) is 70.6. The largest absolute Gasteiger partial charge is 0.545 e. The Bertz CT molecular complexity index is 1690. The van der Waals surface area contributed by atoms with Gasteiger partial charge in [-0.25, -0.2) is 0 Å². The molecule has 9 heteroatoms. The van der Waals surface area contributed by atoms with E-state index in [1.807, 2.05) is 21.1 Å². The summed E-state index contributed by atoms with van der Waals surface area (Å²) in [6, 6.07) is 0. The van der Waals surface area contributed by atoms with Gasteiger partial charge in [-0.2, -0.15) is 0 Å². The third-order valence-electron chi connectivity index (χ3n) is 16.9. The molecular formula is C80H145NO8. The minimum absolute atomic E-state index is 0.149. The highest BCUT2D eigenvalue weighted by Gasteiger charge is 2.22. The molecule has 0 aliphatic heterocycles. The van der Waals surface area contributed by atoms with Gasteiger partial charge in [0, 0.05) is 12.8 Å². The van der Waals surface area contributed by atoms with Crippen molar-refractivity contribution >= 4 is 17.9 Å². The fraction of sp³-hybridized carbons (Fsp3) is 0.812. The highest BCUT2D eigenvalue weighted by atomic mass is 16.7. The molecule has 0 aliphatic rings. The van der Waals surface area contributed by atoms with Crippen molar-refractivity contribution in [3.05, 3.63) is 72.9 Å². The maximum Gasteiger partial charge on any atom is 0.306 e. The lowest BCUT2D eigenvalue weighted by molar-refractivity contribution is -0.870. The second-order valence-corrected chi connectivity index (χ2v) is 26.9. The van der Waals surface area contributed by atoms with Crippen molar-refractivity contribution in [2.75, 3.05) is 47.5 Å². The van der Waals surface area contributed by atoms with Crippen LogP contribution < -0.4 is 5.11 Å². The summed E-state index contributed by atoms with van der Waals surface area (Å²) in [6.07, 6.45) is 91.5. The molecule has 0 aromatic rings. The summed E-state index contributed by atoms with van der Waals surface area (Å²) in [5.74, 6) is -2.26. The number of carboxylic acid groups (broad SMARTS) is 1. The van der Waals surface area contributed by atoms with Gasteiger partial charge < -0.3 is 33.3 Å². The van der Waals surface area contributed by atoms with Crippen LogP contribution in [0.25, 0.3) is 0 Å². The van der Waals surface area contributed by atoms with Crippen LogP contribution in [0.4, 0.5) is 0 Å². The van der Waals surface area contributed by atoms with E-state index in [9.17, 15) is 19.5 Å². The van der Waals surface area contributed by atoms with Crippen molar-refractivity contribution in [1.29, 1.82) is 0 Å². The fourth-order valence-electron chi connectivity index (χ4n) is 11.2. The Labute approximate surface area is 551 Å². The molecule has 0 aromatic carbocycles. The average Bonchev–Trinajstić information content (AvgIpc) is 3.64. The fourth-order valence-corrected chi connectivity index (χ4v) is 11.2. The molecule has 2 unspecified atom stereocenters.